The Morgan fingerprint density at radius 1 is 1.29 bits per heavy atom. The van der Waals surface area contributed by atoms with Crippen LogP contribution in [0.4, 0.5) is 0 Å². The summed E-state index contributed by atoms with van der Waals surface area (Å²) in [6, 6.07) is 10.3. The maximum absolute atomic E-state index is 9.82. The lowest BCUT2D eigenvalue weighted by Gasteiger charge is -1.89. The minimum Gasteiger partial charge on any atom is -0.513 e. The van der Waals surface area contributed by atoms with Crippen LogP contribution < -0.4 is 0 Å². The zero-order valence-electron chi connectivity index (χ0n) is 11.1. The van der Waals surface area contributed by atoms with Crippen molar-refractivity contribution in [1.29, 1.82) is 0 Å². The van der Waals surface area contributed by atoms with Gasteiger partial charge in [-0.2, -0.15) is 0 Å². The van der Waals surface area contributed by atoms with Gasteiger partial charge in [-0.1, -0.05) is 42.5 Å². The van der Waals surface area contributed by atoms with Crippen LogP contribution >= 0.6 is 0 Å². The van der Waals surface area contributed by atoms with Crippen molar-refractivity contribution in [3.63, 3.8) is 0 Å². The largest absolute Gasteiger partial charge is 0.513 e. The number of carbonyl (C=O) groups is 1. The summed E-state index contributed by atoms with van der Waals surface area (Å²) >= 11 is 0. The molecule has 0 saturated heterocycles. The zero-order chi connectivity index (χ0) is 13.7. The first-order valence-electron chi connectivity index (χ1n) is 5.39. The maximum Gasteiger partial charge on any atom is 0.302 e. The van der Waals surface area contributed by atoms with Crippen molar-refractivity contribution >= 4 is 5.97 Å². The van der Waals surface area contributed by atoms with Gasteiger partial charge in [-0.3, -0.25) is 4.79 Å². The SMILES string of the molecule is C=C(C)O.CCOC(C)=O.Cc1ccccc1. The predicted octanol–water partition coefficient (Wildman–Crippen LogP) is 3.64. The van der Waals surface area contributed by atoms with Crippen LogP contribution in [-0.4, -0.2) is 17.7 Å². The molecule has 0 aliphatic rings. The van der Waals surface area contributed by atoms with Gasteiger partial charge in [0.1, 0.15) is 0 Å². The Bertz CT molecular complexity index is 301. The molecule has 0 heterocycles. The number of aliphatic hydroxyl groups excluding tert-OH is 1. The summed E-state index contributed by atoms with van der Waals surface area (Å²) < 4.78 is 4.40. The molecule has 0 aliphatic heterocycles. The fraction of sp³-hybridized carbons (Fsp3) is 0.357. The van der Waals surface area contributed by atoms with Crippen molar-refractivity contribution in [3.05, 3.63) is 48.2 Å². The Kier molecular flexibility index (Phi) is 12.7. The van der Waals surface area contributed by atoms with Gasteiger partial charge < -0.3 is 9.84 Å². The summed E-state index contributed by atoms with van der Waals surface area (Å²) in [5.74, 6) is -0.0440. The van der Waals surface area contributed by atoms with Gasteiger partial charge in [-0.25, -0.2) is 0 Å². The summed E-state index contributed by atoms with van der Waals surface area (Å²) in [7, 11) is 0. The highest BCUT2D eigenvalue weighted by atomic mass is 16.5. The van der Waals surface area contributed by atoms with E-state index in [1.807, 2.05) is 18.2 Å². The molecule has 1 aromatic rings. The molecule has 0 aromatic heterocycles. The van der Waals surface area contributed by atoms with Gasteiger partial charge in [0, 0.05) is 6.92 Å². The predicted molar refractivity (Wildman–Crippen MR) is 70.9 cm³/mol. The lowest BCUT2D eigenvalue weighted by Crippen LogP contribution is -1.95. The van der Waals surface area contributed by atoms with Gasteiger partial charge in [-0.15, -0.1) is 0 Å². The molecule has 0 amide bonds. The Balaban J connectivity index is 0. The Labute approximate surface area is 104 Å². The van der Waals surface area contributed by atoms with Crippen LogP contribution in [0.15, 0.2) is 42.7 Å². The molecular weight excluding hydrogens is 216 g/mol. The zero-order valence-corrected chi connectivity index (χ0v) is 11.1. The maximum atomic E-state index is 9.82. The van der Waals surface area contributed by atoms with Crippen molar-refractivity contribution < 1.29 is 14.6 Å². The second-order valence-corrected chi connectivity index (χ2v) is 3.31. The number of aryl methyl sites for hydroxylation is 1. The van der Waals surface area contributed by atoms with Crippen LogP contribution in [0.2, 0.25) is 0 Å². The lowest BCUT2D eigenvalue weighted by atomic mass is 10.2. The summed E-state index contributed by atoms with van der Waals surface area (Å²) in [5, 5.41) is 7.86. The van der Waals surface area contributed by atoms with Crippen molar-refractivity contribution in [2.75, 3.05) is 6.61 Å². The first kappa shape index (κ1) is 17.6. The molecule has 17 heavy (non-hydrogen) atoms. The molecule has 1 N–H and O–H groups in total. The number of carbonyl (C=O) groups excluding carboxylic acids is 1. The van der Waals surface area contributed by atoms with Gasteiger partial charge in [0.2, 0.25) is 0 Å². The first-order chi connectivity index (χ1) is 7.90. The third kappa shape index (κ3) is 25.0. The van der Waals surface area contributed by atoms with Crippen molar-refractivity contribution in [1.82, 2.24) is 0 Å². The Hall–Kier alpha value is -1.77. The number of ether oxygens (including phenoxy) is 1. The van der Waals surface area contributed by atoms with Crippen LogP contribution in [0.25, 0.3) is 0 Å². The number of benzene rings is 1. The van der Waals surface area contributed by atoms with Crippen LogP contribution in [0.5, 0.6) is 0 Å². The number of esters is 1. The van der Waals surface area contributed by atoms with Crippen LogP contribution in [0.3, 0.4) is 0 Å². The molecule has 0 unspecified atom stereocenters. The third-order valence-corrected chi connectivity index (χ3v) is 1.29. The molecule has 0 spiro atoms. The Morgan fingerprint density at radius 3 is 1.82 bits per heavy atom. The van der Waals surface area contributed by atoms with Crippen LogP contribution in [0, 0.1) is 6.92 Å². The van der Waals surface area contributed by atoms with Gasteiger partial charge in [0.25, 0.3) is 0 Å². The standard InChI is InChI=1S/C7H8.C4H8O2.C3H6O/c1-7-5-3-2-4-6-7;1-3-6-4(2)5;1-3(2)4/h2-6H,1H3;3H2,1-2H3;4H,1H2,2H3. The summed E-state index contributed by atoms with van der Waals surface area (Å²) in [5.41, 5.74) is 1.32. The highest BCUT2D eigenvalue weighted by Gasteiger charge is 1.81. The van der Waals surface area contributed by atoms with E-state index in [1.165, 1.54) is 19.4 Å². The third-order valence-electron chi connectivity index (χ3n) is 1.29. The van der Waals surface area contributed by atoms with Gasteiger partial charge in [0.05, 0.1) is 12.4 Å². The average Bonchev–Trinajstić information content (AvgIpc) is 2.18. The molecule has 0 saturated carbocycles. The molecule has 0 aliphatic carbocycles. The van der Waals surface area contributed by atoms with Crippen molar-refractivity contribution in [3.8, 4) is 0 Å². The highest BCUT2D eigenvalue weighted by Crippen LogP contribution is 1.92. The van der Waals surface area contributed by atoms with Gasteiger partial charge in [0.15, 0.2) is 0 Å². The quantitative estimate of drug-likeness (QED) is 0.600. The smallest absolute Gasteiger partial charge is 0.302 e. The molecule has 0 fully saturated rings. The minimum atomic E-state index is -0.211. The van der Waals surface area contributed by atoms with E-state index in [1.54, 1.807) is 6.92 Å². The molecule has 3 heteroatoms. The van der Waals surface area contributed by atoms with E-state index >= 15 is 0 Å². The number of aliphatic hydroxyl groups is 1. The van der Waals surface area contributed by atoms with E-state index in [0.717, 1.165) is 0 Å². The van der Waals surface area contributed by atoms with E-state index < -0.39 is 0 Å². The molecule has 0 radical (unpaired) electrons. The monoisotopic (exact) mass is 238 g/mol. The minimum absolute atomic E-state index is 0.167. The molecule has 96 valence electrons. The molecule has 0 bridgehead atoms. The van der Waals surface area contributed by atoms with Crippen LogP contribution in [-0.2, 0) is 9.53 Å². The van der Waals surface area contributed by atoms with Gasteiger partial charge in [-0.05, 0) is 20.8 Å². The first-order valence-corrected chi connectivity index (χ1v) is 5.39. The van der Waals surface area contributed by atoms with E-state index in [0.29, 0.717) is 6.61 Å². The number of rotatable bonds is 1. The highest BCUT2D eigenvalue weighted by molar-refractivity contribution is 5.65. The normalized spacial score (nSPS) is 7.76. The molecule has 3 nitrogen and oxygen atoms in total. The van der Waals surface area contributed by atoms with Crippen molar-refractivity contribution in [2.45, 2.75) is 27.7 Å². The topological polar surface area (TPSA) is 46.5 Å². The summed E-state index contributed by atoms with van der Waals surface area (Å²) in [4.78, 5) is 9.82. The van der Waals surface area contributed by atoms with Crippen molar-refractivity contribution in [2.24, 2.45) is 0 Å². The molecule has 1 aromatic carbocycles. The molecule has 0 atom stereocenters. The van der Waals surface area contributed by atoms with Crippen LogP contribution in [0.1, 0.15) is 26.3 Å². The lowest BCUT2D eigenvalue weighted by molar-refractivity contribution is -0.140. The van der Waals surface area contributed by atoms with E-state index in [-0.39, 0.29) is 11.7 Å². The molecular formula is C14H22O3. The summed E-state index contributed by atoms with van der Waals surface area (Å²) in [6.07, 6.45) is 0. The second-order valence-electron chi connectivity index (χ2n) is 3.31. The fourth-order valence-electron chi connectivity index (χ4n) is 0.738. The number of hydrogen-bond acceptors (Lipinski definition) is 3. The molecule has 1 rings (SSSR count). The Morgan fingerprint density at radius 2 is 1.71 bits per heavy atom. The van der Waals surface area contributed by atoms with Gasteiger partial charge >= 0.3 is 5.97 Å². The second kappa shape index (κ2) is 12.3. The average molecular weight is 238 g/mol. The fourth-order valence-corrected chi connectivity index (χ4v) is 0.738. The number of hydrogen-bond donors (Lipinski definition) is 1. The number of allylic oxidation sites excluding steroid dienone is 1. The summed E-state index contributed by atoms with van der Waals surface area (Å²) in [6.45, 7) is 10.4. The van der Waals surface area contributed by atoms with E-state index in [2.05, 4.69) is 30.4 Å². The van der Waals surface area contributed by atoms with E-state index in [4.69, 9.17) is 5.11 Å². The van der Waals surface area contributed by atoms with E-state index in [9.17, 15) is 4.79 Å².